The highest BCUT2D eigenvalue weighted by atomic mass is 19.1. The molecule has 0 fully saturated rings. The zero-order valence-electron chi connectivity index (χ0n) is 17.5. The first-order chi connectivity index (χ1) is 15.3. The van der Waals surface area contributed by atoms with Gasteiger partial charge in [0.15, 0.2) is 5.76 Å². The standard InChI is InChI=1S/C25H19FN2O4/c1-14-19(13-27)24(30)28(11-10-16-6-4-3-5-7-16)25(31)21(14)22(29)23-15(2)18-12-17(26)8-9-20(18)32-23/h3-9,12,31H,10-11H2,1-2H3. The largest absolute Gasteiger partial charge is 0.494 e. The molecule has 0 atom stereocenters. The number of nitriles is 1. The lowest BCUT2D eigenvalue weighted by Gasteiger charge is -2.15. The highest BCUT2D eigenvalue weighted by Gasteiger charge is 2.28. The van der Waals surface area contributed by atoms with E-state index in [1.807, 2.05) is 36.4 Å². The lowest BCUT2D eigenvalue weighted by molar-refractivity contribution is 0.101. The zero-order valence-corrected chi connectivity index (χ0v) is 17.5. The summed E-state index contributed by atoms with van der Waals surface area (Å²) in [6.45, 7) is 3.13. The van der Waals surface area contributed by atoms with Crippen LogP contribution in [0.3, 0.4) is 0 Å². The topological polar surface area (TPSA) is 96.2 Å². The smallest absolute Gasteiger partial charge is 0.271 e. The van der Waals surface area contributed by atoms with Gasteiger partial charge >= 0.3 is 0 Å². The van der Waals surface area contributed by atoms with Crippen LogP contribution in [-0.2, 0) is 13.0 Å². The summed E-state index contributed by atoms with van der Waals surface area (Å²) >= 11 is 0. The van der Waals surface area contributed by atoms with Gasteiger partial charge in [0, 0.05) is 17.5 Å². The van der Waals surface area contributed by atoms with Gasteiger partial charge in [0.05, 0.1) is 5.56 Å². The van der Waals surface area contributed by atoms with Gasteiger partial charge in [0.1, 0.15) is 23.0 Å². The molecule has 1 N–H and O–H groups in total. The predicted molar refractivity (Wildman–Crippen MR) is 116 cm³/mol. The number of fused-ring (bicyclic) bond motifs is 1. The van der Waals surface area contributed by atoms with Gasteiger partial charge in [-0.2, -0.15) is 5.26 Å². The Morgan fingerprint density at radius 1 is 1.16 bits per heavy atom. The van der Waals surface area contributed by atoms with Crippen molar-refractivity contribution in [3.05, 3.63) is 98.3 Å². The molecule has 0 saturated heterocycles. The van der Waals surface area contributed by atoms with Crippen molar-refractivity contribution in [2.45, 2.75) is 26.8 Å². The van der Waals surface area contributed by atoms with Crippen LogP contribution in [0.2, 0.25) is 0 Å². The molecule has 2 heterocycles. The highest BCUT2D eigenvalue weighted by Crippen LogP contribution is 2.31. The van der Waals surface area contributed by atoms with Crippen LogP contribution < -0.4 is 5.56 Å². The van der Waals surface area contributed by atoms with E-state index in [0.717, 1.165) is 10.1 Å². The Morgan fingerprint density at radius 2 is 1.88 bits per heavy atom. The van der Waals surface area contributed by atoms with Gasteiger partial charge in [-0.15, -0.1) is 0 Å². The number of halogens is 1. The van der Waals surface area contributed by atoms with Crippen molar-refractivity contribution in [1.82, 2.24) is 4.57 Å². The van der Waals surface area contributed by atoms with E-state index in [2.05, 4.69) is 0 Å². The van der Waals surface area contributed by atoms with Gasteiger partial charge in [-0.25, -0.2) is 4.39 Å². The van der Waals surface area contributed by atoms with Crippen molar-refractivity contribution in [3.8, 4) is 11.9 Å². The fraction of sp³-hybridized carbons (Fsp3) is 0.160. The Labute approximate surface area is 182 Å². The molecular formula is C25H19FN2O4. The Morgan fingerprint density at radius 3 is 2.56 bits per heavy atom. The number of furan rings is 1. The first kappa shape index (κ1) is 21.1. The van der Waals surface area contributed by atoms with Crippen LogP contribution in [0.1, 0.15) is 38.4 Å². The van der Waals surface area contributed by atoms with E-state index in [1.54, 1.807) is 6.92 Å². The first-order valence-corrected chi connectivity index (χ1v) is 9.97. The fourth-order valence-corrected chi connectivity index (χ4v) is 3.84. The van der Waals surface area contributed by atoms with Crippen LogP contribution in [0, 0.1) is 31.0 Å². The molecule has 0 amide bonds. The van der Waals surface area contributed by atoms with E-state index in [0.29, 0.717) is 23.0 Å². The maximum atomic E-state index is 13.7. The van der Waals surface area contributed by atoms with E-state index in [-0.39, 0.29) is 29.0 Å². The zero-order chi connectivity index (χ0) is 23.0. The molecule has 7 heteroatoms. The monoisotopic (exact) mass is 430 g/mol. The molecule has 6 nitrogen and oxygen atoms in total. The summed E-state index contributed by atoms with van der Waals surface area (Å²) in [7, 11) is 0. The summed E-state index contributed by atoms with van der Waals surface area (Å²) < 4.78 is 20.3. The van der Waals surface area contributed by atoms with Gasteiger partial charge in [0.2, 0.25) is 11.7 Å². The van der Waals surface area contributed by atoms with Gasteiger partial charge < -0.3 is 9.52 Å². The van der Waals surface area contributed by atoms with Gasteiger partial charge in [-0.05, 0) is 49.6 Å². The molecule has 0 aliphatic heterocycles. The van der Waals surface area contributed by atoms with Crippen LogP contribution >= 0.6 is 0 Å². The second-order valence-corrected chi connectivity index (χ2v) is 7.53. The van der Waals surface area contributed by atoms with Crippen molar-refractivity contribution < 1.29 is 18.7 Å². The first-order valence-electron chi connectivity index (χ1n) is 9.97. The molecule has 2 aromatic carbocycles. The summed E-state index contributed by atoms with van der Waals surface area (Å²) in [6.07, 6.45) is 0.415. The molecule has 0 radical (unpaired) electrons. The third-order valence-electron chi connectivity index (χ3n) is 5.60. The summed E-state index contributed by atoms with van der Waals surface area (Å²) in [5.74, 6) is -1.76. The van der Waals surface area contributed by atoms with Crippen LogP contribution in [0.25, 0.3) is 11.0 Å². The lowest BCUT2D eigenvalue weighted by atomic mass is 9.98. The van der Waals surface area contributed by atoms with Crippen LogP contribution in [0.4, 0.5) is 4.39 Å². The highest BCUT2D eigenvalue weighted by molar-refractivity contribution is 6.12. The van der Waals surface area contributed by atoms with Crippen molar-refractivity contribution in [3.63, 3.8) is 0 Å². The van der Waals surface area contributed by atoms with Crippen LogP contribution in [-0.4, -0.2) is 15.5 Å². The number of pyridine rings is 1. The van der Waals surface area contributed by atoms with Gasteiger partial charge in [-0.3, -0.25) is 14.2 Å². The number of hydrogen-bond donors (Lipinski definition) is 1. The molecule has 160 valence electrons. The number of rotatable bonds is 5. The number of aromatic hydroxyl groups is 1. The summed E-state index contributed by atoms with van der Waals surface area (Å²) in [5.41, 5.74) is 0.656. The normalized spacial score (nSPS) is 10.9. The van der Waals surface area contributed by atoms with Crippen molar-refractivity contribution in [2.24, 2.45) is 0 Å². The third-order valence-corrected chi connectivity index (χ3v) is 5.60. The SMILES string of the molecule is Cc1c(C(=O)c2oc3ccc(F)cc3c2C)c(O)n(CCc2ccccc2)c(=O)c1C#N. The maximum Gasteiger partial charge on any atom is 0.271 e. The Balaban J connectivity index is 1.85. The summed E-state index contributed by atoms with van der Waals surface area (Å²) in [6, 6.07) is 15.1. The summed E-state index contributed by atoms with van der Waals surface area (Å²) in [5, 5.41) is 20.9. The molecule has 4 aromatic rings. The van der Waals surface area contributed by atoms with Crippen molar-refractivity contribution in [2.75, 3.05) is 0 Å². The molecule has 4 rings (SSSR count). The van der Waals surface area contributed by atoms with Crippen molar-refractivity contribution >= 4 is 16.8 Å². The van der Waals surface area contributed by atoms with E-state index in [1.165, 1.54) is 25.1 Å². The molecular weight excluding hydrogens is 411 g/mol. The lowest BCUT2D eigenvalue weighted by Crippen LogP contribution is -2.27. The Kier molecular flexibility index (Phi) is 5.37. The van der Waals surface area contributed by atoms with E-state index in [4.69, 9.17) is 4.42 Å². The van der Waals surface area contributed by atoms with Gasteiger partial charge in [-0.1, -0.05) is 30.3 Å². The number of carbonyl (C=O) groups excluding carboxylic acids is 1. The van der Waals surface area contributed by atoms with Crippen molar-refractivity contribution in [1.29, 1.82) is 5.26 Å². The van der Waals surface area contributed by atoms with E-state index < -0.39 is 23.0 Å². The number of benzene rings is 2. The molecule has 0 saturated carbocycles. The van der Waals surface area contributed by atoms with Gasteiger partial charge in [0.25, 0.3) is 5.56 Å². The van der Waals surface area contributed by atoms with E-state index >= 15 is 0 Å². The molecule has 0 unspecified atom stereocenters. The average molecular weight is 430 g/mol. The molecule has 0 aliphatic carbocycles. The number of ketones is 1. The average Bonchev–Trinajstić information content (AvgIpc) is 3.10. The number of nitrogens with zero attached hydrogens (tertiary/aromatic N) is 2. The molecule has 0 aliphatic rings. The van der Waals surface area contributed by atoms with Crippen LogP contribution in [0.5, 0.6) is 5.88 Å². The Hall–Kier alpha value is -4.18. The minimum Gasteiger partial charge on any atom is -0.494 e. The van der Waals surface area contributed by atoms with E-state index in [9.17, 15) is 24.3 Å². The quantitative estimate of drug-likeness (QED) is 0.474. The second kappa shape index (κ2) is 8.16. The minimum atomic E-state index is -0.681. The number of hydrogen-bond acceptors (Lipinski definition) is 5. The summed E-state index contributed by atoms with van der Waals surface area (Å²) in [4.78, 5) is 26.2. The second-order valence-electron chi connectivity index (χ2n) is 7.53. The molecule has 0 bridgehead atoms. The molecule has 0 spiro atoms. The number of aryl methyl sites for hydroxylation is 2. The number of carbonyl (C=O) groups is 1. The Bertz CT molecular complexity index is 1460. The minimum absolute atomic E-state index is 0.0713. The molecule has 32 heavy (non-hydrogen) atoms. The molecule has 2 aromatic heterocycles. The third kappa shape index (κ3) is 3.46. The predicted octanol–water partition coefficient (Wildman–Crippen LogP) is 4.40. The number of aromatic nitrogens is 1. The maximum absolute atomic E-state index is 13.7. The fourth-order valence-electron chi connectivity index (χ4n) is 3.84. The van der Waals surface area contributed by atoms with Crippen LogP contribution in [0.15, 0.2) is 57.7 Å².